The van der Waals surface area contributed by atoms with E-state index in [0.29, 0.717) is 18.1 Å². The molecule has 1 amide bonds. The first kappa shape index (κ1) is 21.5. The maximum absolute atomic E-state index is 13.1. The van der Waals surface area contributed by atoms with Crippen molar-refractivity contribution >= 4 is 5.91 Å². The molecule has 166 valence electrons. The number of hydrogen-bond acceptors (Lipinski definition) is 5. The SMILES string of the molecule is CC1CC(C)N2NCC(C(=O)NC3CCC(C4CCCC(N(C)C)C4)CC3)C2N1. The van der Waals surface area contributed by atoms with Crippen molar-refractivity contribution in [2.75, 3.05) is 20.6 Å². The molecule has 29 heavy (non-hydrogen) atoms. The molecule has 4 fully saturated rings. The largest absolute Gasteiger partial charge is 0.353 e. The van der Waals surface area contributed by atoms with Gasteiger partial charge < -0.3 is 10.2 Å². The molecule has 0 bridgehead atoms. The first-order chi connectivity index (χ1) is 13.9. The molecule has 0 aromatic heterocycles. The first-order valence-corrected chi connectivity index (χ1v) is 12.2. The molecule has 0 spiro atoms. The third kappa shape index (κ3) is 4.81. The first-order valence-electron chi connectivity index (χ1n) is 12.2. The normalized spacial score (nSPS) is 43.9. The predicted octanol–water partition coefficient (Wildman–Crippen LogP) is 2.31. The van der Waals surface area contributed by atoms with Crippen molar-refractivity contribution in [2.45, 2.75) is 102 Å². The molecule has 4 aliphatic rings. The van der Waals surface area contributed by atoms with Gasteiger partial charge in [0, 0.05) is 30.7 Å². The number of carbonyl (C=O) groups excluding carboxylic acids is 1. The molecule has 0 aromatic carbocycles. The molecule has 6 atom stereocenters. The number of carbonyl (C=O) groups is 1. The highest BCUT2D eigenvalue weighted by Gasteiger charge is 2.44. The molecule has 0 radical (unpaired) electrons. The Morgan fingerprint density at radius 1 is 1.00 bits per heavy atom. The fourth-order valence-electron chi connectivity index (χ4n) is 6.60. The predicted molar refractivity (Wildman–Crippen MR) is 117 cm³/mol. The maximum Gasteiger partial charge on any atom is 0.227 e. The standard InChI is InChI=1S/C23H43N5O/c1-15-12-16(2)28-22(25-15)21(14-24-28)23(29)26-19-10-8-17(9-11-19)18-6-5-7-20(13-18)27(3)4/h15-22,24-25H,5-14H2,1-4H3,(H,26,29). The molecule has 6 nitrogen and oxygen atoms in total. The van der Waals surface area contributed by atoms with E-state index in [0.717, 1.165) is 43.7 Å². The van der Waals surface area contributed by atoms with E-state index in [1.165, 1.54) is 38.5 Å². The van der Waals surface area contributed by atoms with Crippen LogP contribution in [0.2, 0.25) is 0 Å². The highest BCUT2D eigenvalue weighted by atomic mass is 16.2. The summed E-state index contributed by atoms with van der Waals surface area (Å²) in [6.07, 6.45) is 11.7. The van der Waals surface area contributed by atoms with Crippen molar-refractivity contribution in [1.82, 2.24) is 26.0 Å². The van der Waals surface area contributed by atoms with Crippen LogP contribution in [0, 0.1) is 17.8 Å². The summed E-state index contributed by atoms with van der Waals surface area (Å²) in [6.45, 7) is 5.24. The van der Waals surface area contributed by atoms with Crippen LogP contribution in [0.15, 0.2) is 0 Å². The van der Waals surface area contributed by atoms with Crippen LogP contribution < -0.4 is 16.1 Å². The summed E-state index contributed by atoms with van der Waals surface area (Å²) in [5.41, 5.74) is 3.47. The number of nitrogens with zero attached hydrogens (tertiary/aromatic N) is 2. The Bertz CT molecular complexity index is 561. The summed E-state index contributed by atoms with van der Waals surface area (Å²) >= 11 is 0. The molecule has 2 aliphatic heterocycles. The Kier molecular flexibility index (Phi) is 6.84. The lowest BCUT2D eigenvalue weighted by atomic mass is 9.71. The van der Waals surface area contributed by atoms with E-state index in [4.69, 9.17) is 0 Å². The molecule has 4 rings (SSSR count). The zero-order chi connectivity index (χ0) is 20.5. The van der Waals surface area contributed by atoms with Crippen LogP contribution in [-0.4, -0.2) is 66.8 Å². The van der Waals surface area contributed by atoms with Crippen molar-refractivity contribution in [1.29, 1.82) is 0 Å². The highest BCUT2D eigenvalue weighted by Crippen LogP contribution is 2.39. The van der Waals surface area contributed by atoms with Crippen molar-refractivity contribution in [3.8, 4) is 0 Å². The van der Waals surface area contributed by atoms with Gasteiger partial charge >= 0.3 is 0 Å². The van der Waals surface area contributed by atoms with Gasteiger partial charge in [0.2, 0.25) is 5.91 Å². The van der Waals surface area contributed by atoms with Crippen molar-refractivity contribution in [2.24, 2.45) is 17.8 Å². The molecule has 6 unspecified atom stereocenters. The Morgan fingerprint density at radius 2 is 1.76 bits per heavy atom. The monoisotopic (exact) mass is 405 g/mol. The number of amides is 1. The maximum atomic E-state index is 13.1. The van der Waals surface area contributed by atoms with Gasteiger partial charge in [-0.05, 0) is 84.7 Å². The number of rotatable bonds is 4. The number of hydrazine groups is 1. The smallest absolute Gasteiger partial charge is 0.227 e. The lowest BCUT2D eigenvalue weighted by molar-refractivity contribution is -0.127. The third-order valence-electron chi connectivity index (χ3n) is 8.34. The topological polar surface area (TPSA) is 59.6 Å². The second kappa shape index (κ2) is 9.21. The van der Waals surface area contributed by atoms with E-state index < -0.39 is 0 Å². The van der Waals surface area contributed by atoms with Crippen molar-refractivity contribution in [3.63, 3.8) is 0 Å². The summed E-state index contributed by atoms with van der Waals surface area (Å²) < 4.78 is 0. The zero-order valence-electron chi connectivity index (χ0n) is 19.0. The fourth-order valence-corrected chi connectivity index (χ4v) is 6.60. The Labute approximate surface area is 177 Å². The van der Waals surface area contributed by atoms with Crippen LogP contribution in [0.3, 0.4) is 0 Å². The van der Waals surface area contributed by atoms with Gasteiger partial charge in [-0.1, -0.05) is 12.8 Å². The molecule has 2 saturated heterocycles. The summed E-state index contributed by atoms with van der Waals surface area (Å²) in [5, 5.41) is 9.33. The van der Waals surface area contributed by atoms with Crippen LogP contribution >= 0.6 is 0 Å². The van der Waals surface area contributed by atoms with E-state index in [1.807, 2.05) is 0 Å². The molecule has 6 heteroatoms. The lowest BCUT2D eigenvalue weighted by Crippen LogP contribution is -2.61. The minimum absolute atomic E-state index is 0.0112. The van der Waals surface area contributed by atoms with Crippen LogP contribution in [0.4, 0.5) is 0 Å². The third-order valence-corrected chi connectivity index (χ3v) is 8.34. The van der Waals surface area contributed by atoms with E-state index in [9.17, 15) is 4.79 Å². The second-order valence-electron chi connectivity index (χ2n) is 10.6. The summed E-state index contributed by atoms with van der Waals surface area (Å²) in [7, 11) is 4.47. The van der Waals surface area contributed by atoms with E-state index in [1.54, 1.807) is 0 Å². The van der Waals surface area contributed by atoms with Gasteiger partial charge in [0.15, 0.2) is 0 Å². The summed E-state index contributed by atoms with van der Waals surface area (Å²) in [6, 6.07) is 2.10. The van der Waals surface area contributed by atoms with Gasteiger partial charge in [-0.2, -0.15) is 0 Å². The molecular weight excluding hydrogens is 362 g/mol. The highest BCUT2D eigenvalue weighted by molar-refractivity contribution is 5.80. The van der Waals surface area contributed by atoms with Gasteiger partial charge in [0.1, 0.15) is 0 Å². The number of hydrogen-bond donors (Lipinski definition) is 3. The quantitative estimate of drug-likeness (QED) is 0.670. The Hall–Kier alpha value is -0.690. The molecular formula is C23H43N5O. The van der Waals surface area contributed by atoms with E-state index in [2.05, 4.69) is 53.9 Å². The minimum atomic E-state index is 0.0112. The average molecular weight is 406 g/mol. The van der Waals surface area contributed by atoms with E-state index in [-0.39, 0.29) is 18.0 Å². The number of nitrogens with one attached hydrogen (secondary N) is 3. The lowest BCUT2D eigenvalue weighted by Gasteiger charge is -2.41. The summed E-state index contributed by atoms with van der Waals surface area (Å²) in [4.78, 5) is 15.5. The van der Waals surface area contributed by atoms with Crippen molar-refractivity contribution < 1.29 is 4.79 Å². The van der Waals surface area contributed by atoms with Gasteiger partial charge in [-0.15, -0.1) is 0 Å². The average Bonchev–Trinajstić information content (AvgIpc) is 3.13. The van der Waals surface area contributed by atoms with E-state index >= 15 is 0 Å². The Morgan fingerprint density at radius 3 is 2.48 bits per heavy atom. The molecule has 2 saturated carbocycles. The van der Waals surface area contributed by atoms with Crippen molar-refractivity contribution in [3.05, 3.63) is 0 Å². The molecule has 0 aromatic rings. The van der Waals surface area contributed by atoms with Gasteiger partial charge in [0.05, 0.1) is 12.1 Å². The zero-order valence-corrected chi connectivity index (χ0v) is 19.0. The van der Waals surface area contributed by atoms with Crippen LogP contribution in [-0.2, 0) is 4.79 Å². The van der Waals surface area contributed by atoms with Crippen LogP contribution in [0.25, 0.3) is 0 Å². The number of fused-ring (bicyclic) bond motifs is 1. The summed E-state index contributed by atoms with van der Waals surface area (Å²) in [5.74, 6) is 2.02. The molecule has 2 aliphatic carbocycles. The van der Waals surface area contributed by atoms with Gasteiger partial charge in [0.25, 0.3) is 0 Å². The van der Waals surface area contributed by atoms with Gasteiger partial charge in [-0.25, -0.2) is 5.01 Å². The van der Waals surface area contributed by atoms with Crippen LogP contribution in [0.5, 0.6) is 0 Å². The Balaban J connectivity index is 1.25. The minimum Gasteiger partial charge on any atom is -0.353 e. The second-order valence-corrected chi connectivity index (χ2v) is 10.6. The fraction of sp³-hybridized carbons (Fsp3) is 0.957. The van der Waals surface area contributed by atoms with Crippen LogP contribution in [0.1, 0.15) is 71.6 Å². The van der Waals surface area contributed by atoms with Gasteiger partial charge in [-0.3, -0.25) is 15.5 Å². The molecule has 2 heterocycles. The molecule has 3 N–H and O–H groups in total.